The molecule has 26 heavy (non-hydrogen) atoms. The molecule has 4 N–H and O–H groups in total. The number of rotatable bonds is 5. The van der Waals surface area contributed by atoms with E-state index in [4.69, 9.17) is 10.5 Å². The van der Waals surface area contributed by atoms with Gasteiger partial charge in [0.1, 0.15) is 10.6 Å². The monoisotopic (exact) mass is 378 g/mol. The van der Waals surface area contributed by atoms with E-state index in [2.05, 4.69) is 4.72 Å². The van der Waals surface area contributed by atoms with E-state index in [1.165, 1.54) is 7.11 Å². The fourth-order valence-electron chi connectivity index (χ4n) is 3.35. The third-order valence-corrected chi connectivity index (χ3v) is 6.36. The lowest BCUT2D eigenvalue weighted by Gasteiger charge is -2.16. The molecule has 1 fully saturated rings. The summed E-state index contributed by atoms with van der Waals surface area (Å²) in [6.45, 7) is 1.71. The minimum absolute atomic E-state index is 0.0359. The van der Waals surface area contributed by atoms with E-state index in [-0.39, 0.29) is 22.5 Å². The van der Waals surface area contributed by atoms with E-state index in [0.29, 0.717) is 16.8 Å². The summed E-state index contributed by atoms with van der Waals surface area (Å²) in [7, 11) is -2.27. The Morgan fingerprint density at radius 1 is 1.23 bits per heavy atom. The van der Waals surface area contributed by atoms with Gasteiger partial charge in [-0.2, -0.15) is 0 Å². The molecule has 1 heterocycles. The normalized spacial score (nSPS) is 15.3. The Kier molecular flexibility index (Phi) is 5.06. The van der Waals surface area contributed by atoms with Gasteiger partial charge in [-0.25, -0.2) is 13.1 Å². The zero-order chi connectivity index (χ0) is 18.9. The Balaban J connectivity index is 2.06. The smallest absolute Gasteiger partial charge is 0.312 e. The van der Waals surface area contributed by atoms with E-state index in [1.54, 1.807) is 37.3 Å². The molecule has 0 atom stereocenters. The molecule has 1 aliphatic carbocycles. The number of hydrogen-bond acceptors (Lipinski definition) is 5. The lowest BCUT2D eigenvalue weighted by atomic mass is 10.0. The first-order chi connectivity index (χ1) is 12.3. The van der Waals surface area contributed by atoms with Gasteiger partial charge >= 0.3 is 5.82 Å². The molecule has 1 aliphatic rings. The van der Waals surface area contributed by atoms with Crippen LogP contribution in [0.25, 0.3) is 11.1 Å². The maximum absolute atomic E-state index is 12.9. The first-order valence-corrected chi connectivity index (χ1v) is 10.0. The lowest BCUT2D eigenvalue weighted by Crippen LogP contribution is -2.37. The minimum atomic E-state index is -3.72. The van der Waals surface area contributed by atoms with Crippen LogP contribution in [0.4, 0.5) is 5.82 Å². The van der Waals surface area contributed by atoms with Gasteiger partial charge in [0, 0.05) is 24.6 Å². The summed E-state index contributed by atoms with van der Waals surface area (Å²) >= 11 is 0. The highest BCUT2D eigenvalue weighted by molar-refractivity contribution is 7.89. The standard InChI is InChI=1S/C18H23N3O4S/c1-12-15(8-10-18(19)21(12)22)13-7-9-16(25-2)17(11-13)26(23,24)20-14-5-3-4-6-14/h7-11,14,19-20,22H,3-6H2,1-2H3/p+1. The molecule has 8 heteroatoms. The van der Waals surface area contributed by atoms with E-state index < -0.39 is 10.0 Å². The lowest BCUT2D eigenvalue weighted by molar-refractivity contribution is -0.897. The second-order valence-corrected chi connectivity index (χ2v) is 8.22. The number of anilines is 1. The van der Waals surface area contributed by atoms with Crippen LogP contribution >= 0.6 is 0 Å². The van der Waals surface area contributed by atoms with Gasteiger partial charge in [0.15, 0.2) is 5.69 Å². The average Bonchev–Trinajstić information content (AvgIpc) is 3.11. The van der Waals surface area contributed by atoms with E-state index in [1.807, 2.05) is 0 Å². The predicted molar refractivity (Wildman–Crippen MR) is 97.5 cm³/mol. The third-order valence-electron chi connectivity index (χ3n) is 4.81. The minimum Gasteiger partial charge on any atom is -0.495 e. The summed E-state index contributed by atoms with van der Waals surface area (Å²) in [6, 6.07) is 8.22. The molecule has 1 aromatic heterocycles. The molecule has 2 aromatic rings. The summed E-state index contributed by atoms with van der Waals surface area (Å²) < 4.78 is 34.7. The van der Waals surface area contributed by atoms with Crippen molar-refractivity contribution < 1.29 is 23.1 Å². The molecule has 140 valence electrons. The van der Waals surface area contributed by atoms with Crippen LogP contribution in [0.5, 0.6) is 5.75 Å². The van der Waals surface area contributed by atoms with Crippen molar-refractivity contribution in [2.75, 3.05) is 12.8 Å². The quantitative estimate of drug-likeness (QED) is 0.545. The van der Waals surface area contributed by atoms with E-state index in [0.717, 1.165) is 30.4 Å². The van der Waals surface area contributed by atoms with Gasteiger partial charge in [0.25, 0.3) is 0 Å². The highest BCUT2D eigenvalue weighted by atomic mass is 32.2. The topological polar surface area (TPSA) is 106 Å². The summed E-state index contributed by atoms with van der Waals surface area (Å²) in [5, 5.41) is 10.0. The summed E-state index contributed by atoms with van der Waals surface area (Å²) in [6.07, 6.45) is 3.77. The van der Waals surface area contributed by atoms with Crippen molar-refractivity contribution in [1.82, 2.24) is 4.72 Å². The zero-order valence-corrected chi connectivity index (χ0v) is 15.7. The van der Waals surface area contributed by atoms with E-state index in [9.17, 15) is 13.6 Å². The van der Waals surface area contributed by atoms with Crippen molar-refractivity contribution in [2.24, 2.45) is 0 Å². The summed E-state index contributed by atoms with van der Waals surface area (Å²) in [4.78, 5) is 0.0881. The SMILES string of the molecule is COc1ccc(-c2ccc(N)[n+](O)c2C)cc1S(=O)(=O)NC1CCCC1. The molecule has 0 aliphatic heterocycles. The maximum atomic E-state index is 12.9. The third kappa shape index (κ3) is 3.47. The van der Waals surface area contributed by atoms with Gasteiger partial charge in [-0.1, -0.05) is 18.9 Å². The molecule has 0 amide bonds. The Labute approximate surface area is 153 Å². The van der Waals surface area contributed by atoms with Crippen LogP contribution in [-0.2, 0) is 10.0 Å². The number of hydrogen-bond donors (Lipinski definition) is 3. The van der Waals surface area contributed by atoms with Crippen LogP contribution in [0, 0.1) is 6.92 Å². The fraction of sp³-hybridized carbons (Fsp3) is 0.389. The molecule has 0 spiro atoms. The second kappa shape index (κ2) is 7.13. The molecule has 0 radical (unpaired) electrons. The van der Waals surface area contributed by atoms with Gasteiger partial charge in [-0.15, -0.1) is 0 Å². The number of ether oxygens (including phenoxy) is 1. The van der Waals surface area contributed by atoms with Gasteiger partial charge in [-0.05, 0) is 41.3 Å². The number of aromatic nitrogens is 1. The Hall–Kier alpha value is -2.32. The number of sulfonamides is 1. The number of benzene rings is 1. The Morgan fingerprint density at radius 2 is 1.92 bits per heavy atom. The average molecular weight is 378 g/mol. The highest BCUT2D eigenvalue weighted by Gasteiger charge is 2.26. The zero-order valence-electron chi connectivity index (χ0n) is 14.9. The number of pyridine rings is 1. The van der Waals surface area contributed by atoms with Crippen LogP contribution in [0.1, 0.15) is 31.4 Å². The predicted octanol–water partition coefficient (Wildman–Crippen LogP) is 2.00. The Bertz CT molecular complexity index is 922. The molecule has 0 saturated heterocycles. The van der Waals surface area contributed by atoms with Crippen LogP contribution in [0.3, 0.4) is 0 Å². The van der Waals surface area contributed by atoms with E-state index >= 15 is 0 Å². The van der Waals surface area contributed by atoms with Gasteiger partial charge in [0.05, 0.1) is 7.11 Å². The van der Waals surface area contributed by atoms with Crippen LogP contribution < -0.4 is 19.9 Å². The molecule has 0 bridgehead atoms. The molecule has 1 aromatic carbocycles. The van der Waals surface area contributed by atoms with Crippen molar-refractivity contribution in [3.8, 4) is 16.9 Å². The van der Waals surface area contributed by atoms with Crippen LogP contribution in [0.15, 0.2) is 35.2 Å². The van der Waals surface area contributed by atoms with Crippen molar-refractivity contribution >= 4 is 15.8 Å². The maximum Gasteiger partial charge on any atom is 0.312 e. The molecule has 1 saturated carbocycles. The number of nitrogens with two attached hydrogens (primary N) is 1. The number of nitrogens with zero attached hydrogens (tertiary/aromatic N) is 1. The first-order valence-electron chi connectivity index (χ1n) is 8.54. The van der Waals surface area contributed by atoms with Gasteiger partial charge in [0.2, 0.25) is 10.0 Å². The number of nitrogen functional groups attached to an aromatic ring is 1. The molecular weight excluding hydrogens is 354 g/mol. The molecular formula is C18H24N3O4S+. The van der Waals surface area contributed by atoms with Crippen molar-refractivity contribution in [1.29, 1.82) is 0 Å². The summed E-state index contributed by atoms with van der Waals surface area (Å²) in [5.74, 6) is 0.486. The Morgan fingerprint density at radius 3 is 2.58 bits per heavy atom. The number of methoxy groups -OCH3 is 1. The van der Waals surface area contributed by atoms with Crippen molar-refractivity contribution in [3.63, 3.8) is 0 Å². The highest BCUT2D eigenvalue weighted by Crippen LogP contribution is 2.32. The molecule has 7 nitrogen and oxygen atoms in total. The number of nitrogens with one attached hydrogen (secondary N) is 1. The largest absolute Gasteiger partial charge is 0.495 e. The van der Waals surface area contributed by atoms with Crippen LogP contribution in [-0.4, -0.2) is 26.8 Å². The fourth-order valence-corrected chi connectivity index (χ4v) is 4.85. The van der Waals surface area contributed by atoms with Gasteiger partial charge in [-0.3, -0.25) is 5.73 Å². The van der Waals surface area contributed by atoms with Crippen molar-refractivity contribution in [2.45, 2.75) is 43.5 Å². The first kappa shape index (κ1) is 18.5. The van der Waals surface area contributed by atoms with Crippen molar-refractivity contribution in [3.05, 3.63) is 36.0 Å². The van der Waals surface area contributed by atoms with Crippen LogP contribution in [0.2, 0.25) is 0 Å². The second-order valence-electron chi connectivity index (χ2n) is 6.54. The molecule has 3 rings (SSSR count). The van der Waals surface area contributed by atoms with Gasteiger partial charge < -0.3 is 9.94 Å². The molecule has 0 unspecified atom stereocenters. The summed E-state index contributed by atoms with van der Waals surface area (Å²) in [5.41, 5.74) is 7.54.